The first kappa shape index (κ1) is 13.6. The van der Waals surface area contributed by atoms with Gasteiger partial charge in [-0.2, -0.15) is 0 Å². The maximum Gasteiger partial charge on any atom is 0.147 e. The van der Waals surface area contributed by atoms with Crippen LogP contribution in [0.4, 0.5) is 0 Å². The SMILES string of the molecule is Bc1cc(Cl)ccc1[C@@H](CC)OCOCC. The van der Waals surface area contributed by atoms with Crippen molar-refractivity contribution in [1.82, 2.24) is 0 Å². The van der Waals surface area contributed by atoms with E-state index in [0.717, 1.165) is 16.9 Å². The molecule has 0 radical (unpaired) electrons. The number of hydrogen-bond acceptors (Lipinski definition) is 2. The van der Waals surface area contributed by atoms with Crippen LogP contribution in [0.3, 0.4) is 0 Å². The van der Waals surface area contributed by atoms with Crippen LogP contribution in [0.5, 0.6) is 0 Å². The van der Waals surface area contributed by atoms with Crippen molar-refractivity contribution in [3.05, 3.63) is 28.8 Å². The molecule has 0 aliphatic heterocycles. The molecular formula is C12H18BClO2. The Morgan fingerprint density at radius 3 is 2.69 bits per heavy atom. The molecule has 0 spiro atoms. The topological polar surface area (TPSA) is 18.5 Å². The minimum Gasteiger partial charge on any atom is -0.356 e. The van der Waals surface area contributed by atoms with Crippen molar-refractivity contribution < 1.29 is 9.47 Å². The molecule has 0 aromatic heterocycles. The van der Waals surface area contributed by atoms with Crippen LogP contribution in [0, 0.1) is 0 Å². The van der Waals surface area contributed by atoms with Crippen LogP contribution in [-0.2, 0) is 9.47 Å². The van der Waals surface area contributed by atoms with Crippen molar-refractivity contribution in [1.29, 1.82) is 0 Å². The van der Waals surface area contributed by atoms with Crippen LogP contribution in [0.25, 0.3) is 0 Å². The lowest BCUT2D eigenvalue weighted by Gasteiger charge is -2.18. The molecule has 16 heavy (non-hydrogen) atoms. The molecule has 1 aromatic carbocycles. The van der Waals surface area contributed by atoms with E-state index in [4.69, 9.17) is 21.1 Å². The average molecular weight is 241 g/mol. The zero-order valence-electron chi connectivity index (χ0n) is 10.1. The van der Waals surface area contributed by atoms with Crippen LogP contribution >= 0.6 is 11.6 Å². The quantitative estimate of drug-likeness (QED) is 0.430. The van der Waals surface area contributed by atoms with E-state index in [2.05, 4.69) is 6.92 Å². The fraction of sp³-hybridized carbons (Fsp3) is 0.500. The summed E-state index contributed by atoms with van der Waals surface area (Å²) in [4.78, 5) is 0. The van der Waals surface area contributed by atoms with Crippen molar-refractivity contribution in [2.24, 2.45) is 0 Å². The molecule has 88 valence electrons. The summed E-state index contributed by atoms with van der Waals surface area (Å²) in [6.07, 6.45) is 1.01. The molecule has 0 bridgehead atoms. The monoisotopic (exact) mass is 240 g/mol. The van der Waals surface area contributed by atoms with Gasteiger partial charge in [-0.3, -0.25) is 0 Å². The Bertz CT molecular complexity index is 331. The third-order valence-corrected chi connectivity index (χ3v) is 2.74. The van der Waals surface area contributed by atoms with Gasteiger partial charge in [0.15, 0.2) is 0 Å². The van der Waals surface area contributed by atoms with Gasteiger partial charge in [-0.05, 0) is 31.0 Å². The second-order valence-electron chi connectivity index (χ2n) is 3.68. The molecular weight excluding hydrogens is 222 g/mol. The number of rotatable bonds is 6. The number of ether oxygens (including phenoxy) is 2. The Labute approximate surface area is 103 Å². The van der Waals surface area contributed by atoms with E-state index in [1.54, 1.807) is 0 Å². The van der Waals surface area contributed by atoms with Crippen molar-refractivity contribution >= 4 is 24.9 Å². The van der Waals surface area contributed by atoms with Crippen LogP contribution in [0.15, 0.2) is 18.2 Å². The second-order valence-corrected chi connectivity index (χ2v) is 4.11. The highest BCUT2D eigenvalue weighted by Gasteiger charge is 2.12. The lowest BCUT2D eigenvalue weighted by molar-refractivity contribution is -0.0883. The van der Waals surface area contributed by atoms with E-state index in [9.17, 15) is 0 Å². The molecule has 0 unspecified atom stereocenters. The van der Waals surface area contributed by atoms with Crippen molar-refractivity contribution in [3.8, 4) is 0 Å². The van der Waals surface area contributed by atoms with E-state index in [1.807, 2.05) is 33.0 Å². The summed E-state index contributed by atoms with van der Waals surface area (Å²) in [6, 6.07) is 5.89. The molecule has 4 heteroatoms. The molecule has 2 nitrogen and oxygen atoms in total. The Kier molecular flexibility index (Phi) is 5.89. The molecule has 0 aliphatic carbocycles. The molecule has 1 aromatic rings. The van der Waals surface area contributed by atoms with Gasteiger partial charge in [-0.1, -0.05) is 30.1 Å². The van der Waals surface area contributed by atoms with Gasteiger partial charge in [0.25, 0.3) is 0 Å². The maximum atomic E-state index is 5.93. The summed E-state index contributed by atoms with van der Waals surface area (Å²) in [5.74, 6) is 0. The Balaban J connectivity index is 2.70. The molecule has 0 aliphatic rings. The van der Waals surface area contributed by atoms with Gasteiger partial charge in [0, 0.05) is 11.6 Å². The second kappa shape index (κ2) is 6.95. The fourth-order valence-electron chi connectivity index (χ4n) is 1.64. The van der Waals surface area contributed by atoms with E-state index in [1.165, 1.54) is 5.56 Å². The van der Waals surface area contributed by atoms with Gasteiger partial charge >= 0.3 is 0 Å². The first-order chi connectivity index (χ1) is 7.69. The van der Waals surface area contributed by atoms with Gasteiger partial charge in [-0.25, -0.2) is 0 Å². The van der Waals surface area contributed by atoms with Crippen molar-refractivity contribution in [3.63, 3.8) is 0 Å². The molecule has 0 heterocycles. The fourth-order valence-corrected chi connectivity index (χ4v) is 1.87. The Morgan fingerprint density at radius 1 is 1.38 bits per heavy atom. The summed E-state index contributed by atoms with van der Waals surface area (Å²) in [5, 5.41) is 0.765. The summed E-state index contributed by atoms with van der Waals surface area (Å²) in [7, 11) is 2.05. The van der Waals surface area contributed by atoms with Crippen LogP contribution in [-0.4, -0.2) is 21.2 Å². The minimum absolute atomic E-state index is 0.0869. The summed E-state index contributed by atoms with van der Waals surface area (Å²) >= 11 is 5.93. The number of benzene rings is 1. The molecule has 0 fully saturated rings. The van der Waals surface area contributed by atoms with Gasteiger partial charge in [0.2, 0.25) is 0 Å². The zero-order chi connectivity index (χ0) is 12.0. The normalized spacial score (nSPS) is 12.7. The summed E-state index contributed by atoms with van der Waals surface area (Å²) in [5.41, 5.74) is 2.35. The Morgan fingerprint density at radius 2 is 2.12 bits per heavy atom. The predicted octanol–water partition coefficient (Wildman–Crippen LogP) is 2.06. The molecule has 1 rings (SSSR count). The van der Waals surface area contributed by atoms with E-state index in [-0.39, 0.29) is 6.10 Å². The van der Waals surface area contributed by atoms with Crippen molar-refractivity contribution in [2.45, 2.75) is 26.4 Å². The van der Waals surface area contributed by atoms with Gasteiger partial charge in [0.1, 0.15) is 14.6 Å². The smallest absolute Gasteiger partial charge is 0.147 e. The zero-order valence-corrected chi connectivity index (χ0v) is 10.9. The lowest BCUT2D eigenvalue weighted by atomic mass is 9.87. The molecule has 0 N–H and O–H groups in total. The highest BCUT2D eigenvalue weighted by atomic mass is 35.5. The minimum atomic E-state index is 0.0869. The summed E-state index contributed by atoms with van der Waals surface area (Å²) < 4.78 is 10.9. The first-order valence-electron chi connectivity index (χ1n) is 5.64. The third-order valence-electron chi connectivity index (χ3n) is 2.51. The van der Waals surface area contributed by atoms with Gasteiger partial charge in [-0.15, -0.1) is 0 Å². The van der Waals surface area contributed by atoms with Crippen molar-refractivity contribution in [2.75, 3.05) is 13.4 Å². The van der Waals surface area contributed by atoms with Crippen LogP contribution < -0.4 is 5.46 Å². The predicted molar refractivity (Wildman–Crippen MR) is 70.2 cm³/mol. The largest absolute Gasteiger partial charge is 0.356 e. The Hall–Kier alpha value is -0.505. The number of halogens is 1. The molecule has 0 saturated carbocycles. The summed E-state index contributed by atoms with van der Waals surface area (Å²) in [6.45, 7) is 5.08. The molecule has 0 saturated heterocycles. The number of hydrogen-bond donors (Lipinski definition) is 0. The van der Waals surface area contributed by atoms with Gasteiger partial charge < -0.3 is 9.47 Å². The maximum absolute atomic E-state index is 5.93. The standard InChI is InChI=1S/C12H18BClO2/c1-3-12(16-8-15-4-2)10-6-5-9(14)7-11(10)13/h5-7,12H,3-4,8,13H2,1-2H3/t12-/m1/s1. The lowest BCUT2D eigenvalue weighted by Crippen LogP contribution is -2.17. The third kappa shape index (κ3) is 3.82. The van der Waals surface area contributed by atoms with Crippen LogP contribution in [0.1, 0.15) is 31.9 Å². The average Bonchev–Trinajstić information content (AvgIpc) is 2.26. The molecule has 0 amide bonds. The van der Waals surface area contributed by atoms with Crippen LogP contribution in [0.2, 0.25) is 5.02 Å². The highest BCUT2D eigenvalue weighted by Crippen LogP contribution is 2.20. The van der Waals surface area contributed by atoms with E-state index in [0.29, 0.717) is 13.4 Å². The molecule has 1 atom stereocenters. The highest BCUT2D eigenvalue weighted by molar-refractivity contribution is 6.36. The van der Waals surface area contributed by atoms with E-state index >= 15 is 0 Å². The van der Waals surface area contributed by atoms with E-state index < -0.39 is 0 Å². The first-order valence-corrected chi connectivity index (χ1v) is 6.02. The van der Waals surface area contributed by atoms with Gasteiger partial charge in [0.05, 0.1) is 6.10 Å².